The smallest absolute Gasteiger partial charge is 0.186 e. The molecule has 2 aromatic rings. The Labute approximate surface area is 112 Å². The van der Waals surface area contributed by atoms with Crippen LogP contribution in [0.4, 0.5) is 0 Å². The normalized spacial score (nSPS) is 12.5. The molecule has 0 aliphatic carbocycles. The first-order valence-corrected chi connectivity index (χ1v) is 6.98. The minimum absolute atomic E-state index is 0.214. The second-order valence-electron chi connectivity index (χ2n) is 3.70. The lowest BCUT2D eigenvalue weighted by molar-refractivity contribution is -0.304. The van der Waals surface area contributed by atoms with Gasteiger partial charge in [-0.05, 0) is 12.1 Å². The fourth-order valence-electron chi connectivity index (χ4n) is 1.54. The maximum atomic E-state index is 11.0. The summed E-state index contributed by atoms with van der Waals surface area (Å²) >= 11 is 2.22. The fourth-order valence-corrected chi connectivity index (χ4v) is 3.40. The lowest BCUT2D eigenvalue weighted by Crippen LogP contribution is -2.35. The first kappa shape index (κ1) is 13.0. The molecule has 0 fully saturated rings. The number of carboxylic acids is 1. The van der Waals surface area contributed by atoms with Crippen molar-refractivity contribution in [2.24, 2.45) is 0 Å². The lowest BCUT2D eigenvalue weighted by atomic mass is 10.3. The van der Waals surface area contributed by atoms with Crippen molar-refractivity contribution in [2.45, 2.75) is 18.6 Å². The summed E-state index contributed by atoms with van der Waals surface area (Å²) in [6, 6.07) is 7.60. The van der Waals surface area contributed by atoms with Crippen molar-refractivity contribution in [2.75, 3.05) is 0 Å². The van der Waals surface area contributed by atoms with E-state index in [4.69, 9.17) is 0 Å². The van der Waals surface area contributed by atoms with Gasteiger partial charge in [-0.2, -0.15) is 0 Å². The summed E-state index contributed by atoms with van der Waals surface area (Å²) in [4.78, 5) is 26.3. The molecule has 94 valence electrons. The van der Waals surface area contributed by atoms with E-state index in [1.807, 2.05) is 24.3 Å². The number of thioether (sulfide) groups is 1. The molecule has 0 saturated heterocycles. The number of carbonyl (C=O) groups is 2. The van der Waals surface area contributed by atoms with Crippen molar-refractivity contribution < 1.29 is 14.7 Å². The zero-order valence-electron chi connectivity index (χ0n) is 9.58. The van der Waals surface area contributed by atoms with Gasteiger partial charge in [0, 0.05) is 13.3 Å². The number of hydrogen-bond donors (Lipinski definition) is 0. The third-order valence-corrected chi connectivity index (χ3v) is 4.30. The zero-order valence-corrected chi connectivity index (χ0v) is 11.2. The van der Waals surface area contributed by atoms with Gasteiger partial charge in [0.1, 0.15) is 0 Å². The van der Waals surface area contributed by atoms with Crippen LogP contribution in [-0.4, -0.2) is 21.3 Å². The highest BCUT2D eigenvalue weighted by Gasteiger charge is 2.16. The molecule has 18 heavy (non-hydrogen) atoms. The number of aliphatic carboxylic acids is 1. The largest absolute Gasteiger partial charge is 0.549 e. The van der Waals surface area contributed by atoms with E-state index in [0.29, 0.717) is 5.01 Å². The van der Waals surface area contributed by atoms with Gasteiger partial charge in [-0.3, -0.25) is 4.79 Å². The number of rotatable bonds is 4. The van der Waals surface area contributed by atoms with Crippen LogP contribution in [0.15, 0.2) is 24.3 Å². The Balaban J connectivity index is 2.20. The van der Waals surface area contributed by atoms with Gasteiger partial charge in [-0.25, -0.2) is 4.98 Å². The number of benzene rings is 1. The molecule has 0 saturated carbocycles. The molecule has 4 nitrogen and oxygen atoms in total. The van der Waals surface area contributed by atoms with E-state index < -0.39 is 11.2 Å². The standard InChI is InChI=1S/C12H11NO3S2/c1-7(14)17-10(12(15)16)6-11-13-8-4-2-3-5-9(8)18-11/h2-5,10H,6H2,1H3,(H,15,16)/p-1. The summed E-state index contributed by atoms with van der Waals surface area (Å²) in [5.74, 6) is -1.23. The molecular formula is C12H10NO3S2-. The second kappa shape index (κ2) is 5.49. The molecule has 0 aliphatic rings. The van der Waals surface area contributed by atoms with Crippen LogP contribution in [0.2, 0.25) is 0 Å². The molecule has 1 atom stereocenters. The molecule has 0 radical (unpaired) electrons. The minimum Gasteiger partial charge on any atom is -0.549 e. The Bertz CT molecular complexity index is 561. The summed E-state index contributed by atoms with van der Waals surface area (Å²) in [7, 11) is 0. The average molecular weight is 280 g/mol. The van der Waals surface area contributed by atoms with Crippen molar-refractivity contribution in [3.8, 4) is 0 Å². The van der Waals surface area contributed by atoms with Crippen molar-refractivity contribution in [1.82, 2.24) is 4.98 Å². The third kappa shape index (κ3) is 3.08. The first-order chi connectivity index (χ1) is 8.56. The summed E-state index contributed by atoms with van der Waals surface area (Å²) < 4.78 is 1.01. The van der Waals surface area contributed by atoms with Gasteiger partial charge in [-0.15, -0.1) is 11.3 Å². The van der Waals surface area contributed by atoms with Crippen molar-refractivity contribution in [1.29, 1.82) is 0 Å². The van der Waals surface area contributed by atoms with E-state index in [1.54, 1.807) is 0 Å². The molecule has 0 aliphatic heterocycles. The van der Waals surface area contributed by atoms with Gasteiger partial charge in [0.25, 0.3) is 0 Å². The highest BCUT2D eigenvalue weighted by atomic mass is 32.2. The third-order valence-electron chi connectivity index (χ3n) is 2.27. The maximum Gasteiger partial charge on any atom is 0.186 e. The van der Waals surface area contributed by atoms with Gasteiger partial charge < -0.3 is 9.90 Å². The van der Waals surface area contributed by atoms with Crippen LogP contribution in [-0.2, 0) is 16.0 Å². The van der Waals surface area contributed by atoms with Gasteiger partial charge in [0.2, 0.25) is 0 Å². The number of nitrogens with zero attached hydrogens (tertiary/aromatic N) is 1. The van der Waals surface area contributed by atoms with Crippen LogP contribution < -0.4 is 5.11 Å². The van der Waals surface area contributed by atoms with Crippen LogP contribution in [0.1, 0.15) is 11.9 Å². The summed E-state index contributed by atoms with van der Waals surface area (Å²) in [6.45, 7) is 1.35. The Kier molecular flexibility index (Phi) is 3.98. The molecule has 0 bridgehead atoms. The van der Waals surface area contributed by atoms with Crippen LogP contribution in [0.3, 0.4) is 0 Å². The maximum absolute atomic E-state index is 11.0. The molecule has 1 aromatic heterocycles. The van der Waals surface area contributed by atoms with Gasteiger partial charge in [0.15, 0.2) is 5.12 Å². The number of carboxylic acid groups (broad SMARTS) is 1. The summed E-state index contributed by atoms with van der Waals surface area (Å²) in [5.41, 5.74) is 0.849. The van der Waals surface area contributed by atoms with E-state index in [1.165, 1.54) is 18.3 Å². The van der Waals surface area contributed by atoms with Gasteiger partial charge in [-0.1, -0.05) is 23.9 Å². The van der Waals surface area contributed by atoms with E-state index >= 15 is 0 Å². The number of aromatic nitrogens is 1. The first-order valence-electron chi connectivity index (χ1n) is 5.29. The average Bonchev–Trinajstić information content (AvgIpc) is 2.69. The Hall–Kier alpha value is -1.40. The highest BCUT2D eigenvalue weighted by molar-refractivity contribution is 8.14. The Morgan fingerprint density at radius 1 is 1.44 bits per heavy atom. The molecule has 0 N–H and O–H groups in total. The van der Waals surface area contributed by atoms with Crippen molar-refractivity contribution in [3.05, 3.63) is 29.3 Å². The van der Waals surface area contributed by atoms with Crippen LogP contribution in [0, 0.1) is 0 Å². The molecule has 1 aromatic carbocycles. The molecule has 1 unspecified atom stereocenters. The van der Waals surface area contributed by atoms with Gasteiger partial charge >= 0.3 is 0 Å². The topological polar surface area (TPSA) is 70.1 Å². The van der Waals surface area contributed by atoms with E-state index in [-0.39, 0.29) is 11.5 Å². The quantitative estimate of drug-likeness (QED) is 0.842. The van der Waals surface area contributed by atoms with Crippen LogP contribution in [0.25, 0.3) is 10.2 Å². The zero-order chi connectivity index (χ0) is 13.1. The molecular weight excluding hydrogens is 270 g/mol. The molecule has 1 heterocycles. The van der Waals surface area contributed by atoms with E-state index in [9.17, 15) is 14.7 Å². The number of para-hydroxylation sites is 1. The number of carbonyl (C=O) groups excluding carboxylic acids is 2. The predicted molar refractivity (Wildman–Crippen MR) is 70.4 cm³/mol. The highest BCUT2D eigenvalue weighted by Crippen LogP contribution is 2.25. The lowest BCUT2D eigenvalue weighted by Gasteiger charge is -2.13. The summed E-state index contributed by atoms with van der Waals surface area (Å²) in [5, 5.41) is 10.6. The van der Waals surface area contributed by atoms with E-state index in [2.05, 4.69) is 4.98 Å². The van der Waals surface area contributed by atoms with Gasteiger partial charge in [0.05, 0.1) is 26.4 Å². The molecule has 0 spiro atoms. The molecule has 0 amide bonds. The number of thiazole rings is 1. The SMILES string of the molecule is CC(=O)SC(Cc1nc2ccccc2s1)C(=O)[O-]. The summed E-state index contributed by atoms with van der Waals surface area (Å²) in [6.07, 6.45) is 0.214. The monoisotopic (exact) mass is 280 g/mol. The fraction of sp³-hybridized carbons (Fsp3) is 0.250. The Morgan fingerprint density at radius 3 is 2.78 bits per heavy atom. The van der Waals surface area contributed by atoms with Crippen LogP contribution in [0.5, 0.6) is 0 Å². The Morgan fingerprint density at radius 2 is 2.17 bits per heavy atom. The number of fused-ring (bicyclic) bond motifs is 1. The minimum atomic E-state index is -1.23. The second-order valence-corrected chi connectivity index (χ2v) is 6.19. The van der Waals surface area contributed by atoms with Crippen LogP contribution >= 0.6 is 23.1 Å². The molecule has 2 rings (SSSR count). The van der Waals surface area contributed by atoms with Crippen molar-refractivity contribution >= 4 is 44.4 Å². The van der Waals surface area contributed by atoms with Crippen molar-refractivity contribution in [3.63, 3.8) is 0 Å². The molecule has 6 heteroatoms. The number of hydrogen-bond acceptors (Lipinski definition) is 6. The van der Waals surface area contributed by atoms with E-state index in [0.717, 1.165) is 22.0 Å². The predicted octanol–water partition coefficient (Wildman–Crippen LogP) is 1.24.